The van der Waals surface area contributed by atoms with E-state index in [2.05, 4.69) is 52.9 Å². The van der Waals surface area contributed by atoms with E-state index in [0.29, 0.717) is 0 Å². The van der Waals surface area contributed by atoms with Crippen molar-refractivity contribution >= 4 is 33.8 Å². The summed E-state index contributed by atoms with van der Waals surface area (Å²) in [6, 6.07) is 8.96. The Labute approximate surface area is 180 Å². The number of aromatic nitrogens is 1. The molecule has 2 aliphatic rings. The Balaban J connectivity index is 1.33. The molecule has 5 heteroatoms. The third kappa shape index (κ3) is 5.33. The van der Waals surface area contributed by atoms with Gasteiger partial charge in [-0.15, -0.1) is 0 Å². The van der Waals surface area contributed by atoms with Crippen LogP contribution in [0.3, 0.4) is 0 Å². The molecule has 2 fully saturated rings. The van der Waals surface area contributed by atoms with E-state index in [1.165, 1.54) is 73.4 Å². The summed E-state index contributed by atoms with van der Waals surface area (Å²) in [5, 5.41) is 1.27. The lowest BCUT2D eigenvalue weighted by Gasteiger charge is -2.32. The molecule has 0 spiro atoms. The topological polar surface area (TPSA) is 22.6 Å². The molecule has 0 amide bonds. The summed E-state index contributed by atoms with van der Waals surface area (Å²) in [5.74, 6) is 1.14. The van der Waals surface area contributed by atoms with Crippen molar-refractivity contribution in [3.05, 3.63) is 35.4 Å². The third-order valence-electron chi connectivity index (χ3n) is 6.42. The van der Waals surface area contributed by atoms with Gasteiger partial charge in [0.2, 0.25) is 0 Å². The van der Waals surface area contributed by atoms with E-state index in [4.69, 9.17) is 17.2 Å². The van der Waals surface area contributed by atoms with Gasteiger partial charge >= 0.3 is 0 Å². The first kappa shape index (κ1) is 20.7. The van der Waals surface area contributed by atoms with Crippen LogP contribution in [0, 0.1) is 6.92 Å². The van der Waals surface area contributed by atoms with Crippen molar-refractivity contribution in [1.82, 2.24) is 14.8 Å². The summed E-state index contributed by atoms with van der Waals surface area (Å²) in [4.78, 5) is 13.5. The van der Waals surface area contributed by atoms with Gasteiger partial charge in [-0.05, 0) is 80.4 Å². The van der Waals surface area contributed by atoms with Crippen LogP contribution in [0.5, 0.6) is 0 Å². The molecule has 3 heterocycles. The highest BCUT2D eigenvalue weighted by atomic mass is 32.1. The molecule has 0 saturated carbocycles. The summed E-state index contributed by atoms with van der Waals surface area (Å²) in [7, 11) is 2.21. The van der Waals surface area contributed by atoms with Crippen molar-refractivity contribution < 1.29 is 0 Å². The second kappa shape index (κ2) is 9.50. The molecule has 0 radical (unpaired) electrons. The first-order valence-electron chi connectivity index (χ1n) is 11.2. The molecule has 2 aliphatic heterocycles. The van der Waals surface area contributed by atoms with E-state index in [-0.39, 0.29) is 0 Å². The normalized spacial score (nSPS) is 18.6. The number of anilines is 1. The van der Waals surface area contributed by atoms with Crippen LogP contribution in [0.2, 0.25) is 0 Å². The molecule has 1 aromatic carbocycles. The molecule has 0 atom stereocenters. The predicted molar refractivity (Wildman–Crippen MR) is 127 cm³/mol. The number of likely N-dealkylation sites (N-methyl/N-ethyl adjacent to an activating group) is 1. The largest absolute Gasteiger partial charge is 0.357 e. The summed E-state index contributed by atoms with van der Waals surface area (Å²) >= 11 is 5.72. The maximum absolute atomic E-state index is 5.72. The predicted octanol–water partition coefficient (Wildman–Crippen LogP) is 4.08. The first-order chi connectivity index (χ1) is 14.1. The summed E-state index contributed by atoms with van der Waals surface area (Å²) < 4.78 is 0. The zero-order chi connectivity index (χ0) is 20.2. The van der Waals surface area contributed by atoms with Gasteiger partial charge in [-0.25, -0.2) is 4.98 Å². The minimum Gasteiger partial charge on any atom is -0.357 e. The van der Waals surface area contributed by atoms with Crippen molar-refractivity contribution in [3.63, 3.8) is 0 Å². The molecular weight excluding hydrogens is 376 g/mol. The Hall–Kier alpha value is -1.56. The number of rotatable bonds is 7. The average Bonchev–Trinajstić information content (AvgIpc) is 3.25. The number of hydrogen-bond acceptors (Lipinski definition) is 5. The van der Waals surface area contributed by atoms with Gasteiger partial charge in [0.25, 0.3) is 0 Å². The number of aryl methyl sites for hydroxylation is 1. The van der Waals surface area contributed by atoms with Gasteiger partial charge in [-0.1, -0.05) is 18.3 Å². The number of thiocarbonyl (C=S) groups is 1. The van der Waals surface area contributed by atoms with Crippen molar-refractivity contribution in [2.45, 2.75) is 39.0 Å². The summed E-state index contributed by atoms with van der Waals surface area (Å²) in [6.45, 7) is 10.4. The molecular formula is C24H34N4S. The Morgan fingerprint density at radius 3 is 2.55 bits per heavy atom. The molecule has 29 heavy (non-hydrogen) atoms. The van der Waals surface area contributed by atoms with Gasteiger partial charge in [0, 0.05) is 51.1 Å². The van der Waals surface area contributed by atoms with Crippen LogP contribution in [-0.2, 0) is 6.42 Å². The Morgan fingerprint density at radius 1 is 1.03 bits per heavy atom. The number of nitrogens with zero attached hydrogens (tertiary/aromatic N) is 4. The maximum Gasteiger partial charge on any atom is 0.129 e. The first-order valence-corrected chi connectivity index (χ1v) is 11.6. The van der Waals surface area contributed by atoms with E-state index < -0.39 is 0 Å². The monoisotopic (exact) mass is 410 g/mol. The Kier molecular flexibility index (Phi) is 6.78. The molecule has 2 saturated heterocycles. The molecule has 0 unspecified atom stereocenters. The fourth-order valence-corrected chi connectivity index (χ4v) is 4.84. The van der Waals surface area contributed by atoms with Crippen molar-refractivity contribution in [2.24, 2.45) is 0 Å². The molecule has 0 aliphatic carbocycles. The van der Waals surface area contributed by atoms with Crippen LogP contribution in [0.25, 0.3) is 10.9 Å². The van der Waals surface area contributed by atoms with Crippen LogP contribution in [0.15, 0.2) is 24.3 Å². The third-order valence-corrected chi connectivity index (χ3v) is 6.77. The van der Waals surface area contributed by atoms with Gasteiger partial charge < -0.3 is 14.7 Å². The van der Waals surface area contributed by atoms with Gasteiger partial charge in [0.1, 0.15) is 5.82 Å². The van der Waals surface area contributed by atoms with Crippen LogP contribution in [0.4, 0.5) is 5.82 Å². The zero-order valence-corrected chi connectivity index (χ0v) is 18.8. The molecule has 4 rings (SSSR count). The van der Waals surface area contributed by atoms with Crippen molar-refractivity contribution in [1.29, 1.82) is 0 Å². The smallest absolute Gasteiger partial charge is 0.129 e. The minimum absolute atomic E-state index is 0.904. The van der Waals surface area contributed by atoms with Gasteiger partial charge in [0.05, 0.1) is 5.52 Å². The van der Waals surface area contributed by atoms with Gasteiger partial charge in [0.15, 0.2) is 0 Å². The lowest BCUT2D eigenvalue weighted by atomic mass is 10.0. The highest BCUT2D eigenvalue weighted by Crippen LogP contribution is 2.26. The highest BCUT2D eigenvalue weighted by molar-refractivity contribution is 7.80. The molecule has 1 aromatic heterocycles. The van der Waals surface area contributed by atoms with E-state index in [1.54, 1.807) is 0 Å². The van der Waals surface area contributed by atoms with Crippen LogP contribution in [0.1, 0.15) is 36.8 Å². The Bertz CT molecular complexity index is 851. The maximum atomic E-state index is 5.72. The molecule has 4 nitrogen and oxygen atoms in total. The number of hydrogen-bond donors (Lipinski definition) is 0. The lowest BCUT2D eigenvalue weighted by molar-refractivity contribution is 0.153. The SMILES string of the molecule is Cc1cc(N2CCCC2)nc2ccc(CC(=S)CCCN3CCN(C)CC3)cc12. The van der Waals surface area contributed by atoms with Crippen LogP contribution < -0.4 is 4.90 Å². The quantitative estimate of drug-likeness (QED) is 0.640. The number of piperazine rings is 1. The number of fused-ring (bicyclic) bond motifs is 1. The number of benzene rings is 1. The van der Waals surface area contributed by atoms with E-state index in [9.17, 15) is 0 Å². The van der Waals surface area contributed by atoms with Crippen molar-refractivity contribution in [3.8, 4) is 0 Å². The molecule has 2 aromatic rings. The highest BCUT2D eigenvalue weighted by Gasteiger charge is 2.16. The van der Waals surface area contributed by atoms with Crippen molar-refractivity contribution in [2.75, 3.05) is 57.8 Å². The van der Waals surface area contributed by atoms with Gasteiger partial charge in [-0.2, -0.15) is 0 Å². The Morgan fingerprint density at radius 2 is 1.79 bits per heavy atom. The van der Waals surface area contributed by atoms with E-state index in [0.717, 1.165) is 37.3 Å². The second-order valence-electron chi connectivity index (χ2n) is 8.81. The zero-order valence-electron chi connectivity index (χ0n) is 18.0. The molecule has 156 valence electrons. The lowest BCUT2D eigenvalue weighted by Crippen LogP contribution is -2.44. The van der Waals surface area contributed by atoms with Gasteiger partial charge in [-0.3, -0.25) is 0 Å². The van der Waals surface area contributed by atoms with Crippen LogP contribution >= 0.6 is 12.2 Å². The fraction of sp³-hybridized carbons (Fsp3) is 0.583. The number of pyridine rings is 1. The van der Waals surface area contributed by atoms with Crippen LogP contribution in [-0.4, -0.2) is 72.5 Å². The second-order valence-corrected chi connectivity index (χ2v) is 9.38. The molecule has 0 N–H and O–H groups in total. The minimum atomic E-state index is 0.904. The fourth-order valence-electron chi connectivity index (χ4n) is 4.53. The average molecular weight is 411 g/mol. The van der Waals surface area contributed by atoms with E-state index >= 15 is 0 Å². The van der Waals surface area contributed by atoms with E-state index in [1.807, 2.05) is 0 Å². The summed E-state index contributed by atoms with van der Waals surface area (Å²) in [5.41, 5.74) is 3.75. The molecule has 0 bridgehead atoms. The summed E-state index contributed by atoms with van der Waals surface area (Å²) in [6.07, 6.45) is 5.69. The standard InChI is InChI=1S/C24H34N4S/c1-19-16-24(28-10-3-4-11-28)25-23-8-7-20(18-22(19)23)17-21(29)6-5-9-27-14-12-26(2)13-15-27/h7-8,16,18H,3-6,9-15,17H2,1-2H3.